The molecule has 2 aromatic rings. The van der Waals surface area contributed by atoms with E-state index in [-0.39, 0.29) is 11.8 Å². The van der Waals surface area contributed by atoms with Crippen molar-refractivity contribution in [2.45, 2.75) is 18.4 Å². The van der Waals surface area contributed by atoms with Crippen molar-refractivity contribution in [1.29, 1.82) is 0 Å². The normalized spacial score (nSPS) is 21.7. The van der Waals surface area contributed by atoms with Crippen LogP contribution < -0.4 is 14.8 Å². The number of likely N-dealkylation sites (tertiary alicyclic amines) is 1. The van der Waals surface area contributed by atoms with Gasteiger partial charge in [-0.15, -0.1) is 0 Å². The maximum atomic E-state index is 12.8. The van der Waals surface area contributed by atoms with Crippen molar-refractivity contribution in [2.24, 2.45) is 0 Å². The molecule has 1 atom stereocenters. The molecule has 0 aliphatic carbocycles. The highest BCUT2D eigenvalue weighted by Gasteiger charge is 2.42. The van der Waals surface area contributed by atoms with Gasteiger partial charge in [0.15, 0.2) is 0 Å². The quantitative estimate of drug-likeness (QED) is 0.877. The first kappa shape index (κ1) is 17.3. The van der Waals surface area contributed by atoms with E-state index in [1.165, 1.54) is 0 Å². The largest absolute Gasteiger partial charge is 0.497 e. The van der Waals surface area contributed by atoms with Gasteiger partial charge in [-0.25, -0.2) is 0 Å². The fraction of sp³-hybridized carbons (Fsp3) is 0.350. The Balaban J connectivity index is 1.62. The van der Waals surface area contributed by atoms with E-state index in [0.717, 1.165) is 12.8 Å². The van der Waals surface area contributed by atoms with Crippen molar-refractivity contribution < 1.29 is 19.1 Å². The molecule has 0 bridgehead atoms. The van der Waals surface area contributed by atoms with Crippen LogP contribution in [0.3, 0.4) is 0 Å². The average molecular weight is 367 g/mol. The Kier molecular flexibility index (Phi) is 4.43. The number of nitrogens with zero attached hydrogens (tertiary/aromatic N) is 2. The zero-order chi connectivity index (χ0) is 18.9. The second kappa shape index (κ2) is 6.90. The molecule has 0 saturated carbocycles. The highest BCUT2D eigenvalue weighted by molar-refractivity contribution is 5.97. The molecule has 2 amide bonds. The van der Waals surface area contributed by atoms with E-state index in [1.807, 2.05) is 0 Å². The number of pyridine rings is 1. The van der Waals surface area contributed by atoms with Crippen LogP contribution in [0.1, 0.15) is 33.6 Å². The molecule has 140 valence electrons. The van der Waals surface area contributed by atoms with Gasteiger partial charge in [-0.1, -0.05) is 0 Å². The van der Waals surface area contributed by atoms with Gasteiger partial charge in [-0.3, -0.25) is 14.6 Å². The highest BCUT2D eigenvalue weighted by Crippen LogP contribution is 2.34. The molecule has 1 spiro atoms. The topological polar surface area (TPSA) is 80.8 Å². The number of fused-ring (bicyclic) bond motifs is 1. The Morgan fingerprint density at radius 3 is 3.04 bits per heavy atom. The molecule has 4 rings (SSSR count). The van der Waals surface area contributed by atoms with Crippen molar-refractivity contribution in [3.8, 4) is 11.5 Å². The summed E-state index contributed by atoms with van der Waals surface area (Å²) < 4.78 is 11.6. The summed E-state index contributed by atoms with van der Waals surface area (Å²) in [6, 6.07) is 8.66. The summed E-state index contributed by atoms with van der Waals surface area (Å²) in [6.07, 6.45) is 4.75. The first-order valence-electron chi connectivity index (χ1n) is 8.95. The van der Waals surface area contributed by atoms with Crippen molar-refractivity contribution in [2.75, 3.05) is 26.7 Å². The molecule has 27 heavy (non-hydrogen) atoms. The first-order valence-corrected chi connectivity index (χ1v) is 8.95. The lowest BCUT2D eigenvalue weighted by molar-refractivity contribution is -0.000973. The first-order chi connectivity index (χ1) is 13.1. The number of hydrogen-bond donors (Lipinski definition) is 1. The molecule has 7 heteroatoms. The molecule has 1 saturated heterocycles. The lowest BCUT2D eigenvalue weighted by Crippen LogP contribution is -2.57. The van der Waals surface area contributed by atoms with E-state index < -0.39 is 5.60 Å². The summed E-state index contributed by atoms with van der Waals surface area (Å²) in [6.45, 7) is 1.40. The van der Waals surface area contributed by atoms with E-state index in [2.05, 4.69) is 10.3 Å². The van der Waals surface area contributed by atoms with Crippen LogP contribution in [0.25, 0.3) is 0 Å². The molecule has 0 radical (unpaired) electrons. The number of aromatic nitrogens is 1. The van der Waals surface area contributed by atoms with Gasteiger partial charge in [-0.2, -0.15) is 0 Å². The van der Waals surface area contributed by atoms with Crippen molar-refractivity contribution >= 4 is 11.8 Å². The Bertz CT molecular complexity index is 871. The van der Waals surface area contributed by atoms with Crippen LogP contribution in [0.5, 0.6) is 11.5 Å². The molecular formula is C20H21N3O4. The number of rotatable bonds is 2. The fourth-order valence-corrected chi connectivity index (χ4v) is 3.68. The predicted molar refractivity (Wildman–Crippen MR) is 98.1 cm³/mol. The van der Waals surface area contributed by atoms with Crippen molar-refractivity contribution in [1.82, 2.24) is 15.2 Å². The third-order valence-electron chi connectivity index (χ3n) is 5.07. The number of piperidine rings is 1. The second-order valence-corrected chi connectivity index (χ2v) is 6.90. The van der Waals surface area contributed by atoms with Gasteiger partial charge in [0, 0.05) is 25.0 Å². The summed E-state index contributed by atoms with van der Waals surface area (Å²) in [5.74, 6) is 0.852. The summed E-state index contributed by atoms with van der Waals surface area (Å²) in [7, 11) is 1.57. The van der Waals surface area contributed by atoms with Crippen LogP contribution in [0, 0.1) is 0 Å². The number of ether oxygens (including phenoxy) is 2. The smallest absolute Gasteiger partial charge is 0.255 e. The molecule has 0 unspecified atom stereocenters. The minimum Gasteiger partial charge on any atom is -0.497 e. The van der Waals surface area contributed by atoms with Gasteiger partial charge in [0.2, 0.25) is 0 Å². The van der Waals surface area contributed by atoms with Crippen molar-refractivity contribution in [3.05, 3.63) is 53.9 Å². The SMILES string of the molecule is COc1ccc2c(c1)O[C@@]1(CCCN(C(=O)c3cccnc3)C1)CNC2=O. The lowest BCUT2D eigenvalue weighted by atomic mass is 9.92. The monoisotopic (exact) mass is 367 g/mol. The van der Waals surface area contributed by atoms with E-state index in [0.29, 0.717) is 42.3 Å². The average Bonchev–Trinajstić information content (AvgIpc) is 2.84. The van der Waals surface area contributed by atoms with Gasteiger partial charge in [0.25, 0.3) is 11.8 Å². The van der Waals surface area contributed by atoms with Crippen LogP contribution in [-0.2, 0) is 0 Å². The molecule has 2 aliphatic heterocycles. The summed E-state index contributed by atoms with van der Waals surface area (Å²) in [5, 5.41) is 2.94. The van der Waals surface area contributed by atoms with Crippen LogP contribution in [0.2, 0.25) is 0 Å². The molecule has 2 aliphatic rings. The molecule has 7 nitrogen and oxygen atoms in total. The van der Waals surface area contributed by atoms with E-state index in [9.17, 15) is 9.59 Å². The molecule has 1 aromatic carbocycles. The second-order valence-electron chi connectivity index (χ2n) is 6.90. The maximum absolute atomic E-state index is 12.8. The number of amides is 2. The van der Waals surface area contributed by atoms with Gasteiger partial charge in [0.1, 0.15) is 17.1 Å². The van der Waals surface area contributed by atoms with Gasteiger partial charge < -0.3 is 19.7 Å². The van der Waals surface area contributed by atoms with E-state index >= 15 is 0 Å². The minimum atomic E-state index is -0.663. The number of nitrogens with one attached hydrogen (secondary N) is 1. The van der Waals surface area contributed by atoms with Crippen LogP contribution in [0.4, 0.5) is 0 Å². The lowest BCUT2D eigenvalue weighted by Gasteiger charge is -2.42. The Morgan fingerprint density at radius 1 is 1.37 bits per heavy atom. The third-order valence-corrected chi connectivity index (χ3v) is 5.07. The zero-order valence-electron chi connectivity index (χ0n) is 15.1. The van der Waals surface area contributed by atoms with Crippen molar-refractivity contribution in [3.63, 3.8) is 0 Å². The Morgan fingerprint density at radius 2 is 2.26 bits per heavy atom. The summed E-state index contributed by atoms with van der Waals surface area (Å²) in [5.41, 5.74) is 0.362. The van der Waals surface area contributed by atoms with Crippen LogP contribution >= 0.6 is 0 Å². The molecule has 1 aromatic heterocycles. The number of benzene rings is 1. The zero-order valence-corrected chi connectivity index (χ0v) is 15.1. The third kappa shape index (κ3) is 3.32. The summed E-state index contributed by atoms with van der Waals surface area (Å²) in [4.78, 5) is 31.1. The van der Waals surface area contributed by atoms with Gasteiger partial charge in [0.05, 0.1) is 31.3 Å². The van der Waals surface area contributed by atoms with E-state index in [4.69, 9.17) is 9.47 Å². The number of hydrogen-bond acceptors (Lipinski definition) is 5. The Labute approximate surface area is 157 Å². The number of carbonyl (C=O) groups is 2. The van der Waals surface area contributed by atoms with Crippen LogP contribution in [0.15, 0.2) is 42.7 Å². The highest BCUT2D eigenvalue weighted by atomic mass is 16.5. The standard InChI is InChI=1S/C20H21N3O4/c1-26-15-5-6-16-17(10-15)27-20(12-22-18(16)24)7-3-9-23(13-20)19(25)14-4-2-8-21-11-14/h2,4-6,8,10-11H,3,7,9,12-13H2,1H3,(H,22,24)/t20-/m0/s1. The van der Waals surface area contributed by atoms with Gasteiger partial charge >= 0.3 is 0 Å². The molecule has 1 fully saturated rings. The molecular weight excluding hydrogens is 346 g/mol. The van der Waals surface area contributed by atoms with Gasteiger partial charge in [-0.05, 0) is 37.1 Å². The Hall–Kier alpha value is -3.09. The number of carbonyl (C=O) groups excluding carboxylic acids is 2. The fourth-order valence-electron chi connectivity index (χ4n) is 3.68. The summed E-state index contributed by atoms with van der Waals surface area (Å²) >= 11 is 0. The molecule has 3 heterocycles. The van der Waals surface area contributed by atoms with E-state index in [1.54, 1.807) is 54.7 Å². The predicted octanol–water partition coefficient (Wildman–Crippen LogP) is 1.89. The van der Waals surface area contributed by atoms with Crippen LogP contribution in [-0.4, -0.2) is 54.0 Å². The number of methoxy groups -OCH3 is 1. The maximum Gasteiger partial charge on any atom is 0.255 e. The minimum absolute atomic E-state index is 0.0767. The molecule has 1 N–H and O–H groups in total.